The van der Waals surface area contributed by atoms with Crippen LogP contribution in [0.25, 0.3) is 0 Å². The van der Waals surface area contributed by atoms with E-state index in [1.807, 2.05) is 24.3 Å². The zero-order valence-electron chi connectivity index (χ0n) is 18.7. The lowest BCUT2D eigenvalue weighted by atomic mass is 10.1. The smallest absolute Gasteiger partial charge is 0.277 e. The molecule has 0 atom stereocenters. The van der Waals surface area contributed by atoms with Gasteiger partial charge in [-0.1, -0.05) is 24.3 Å². The summed E-state index contributed by atoms with van der Waals surface area (Å²) in [6.07, 6.45) is 2.56. The van der Waals surface area contributed by atoms with Gasteiger partial charge in [0.25, 0.3) is 10.0 Å². The number of hydrogen-bond acceptors (Lipinski definition) is 6. The number of fused-ring (bicyclic) bond motifs is 1. The third-order valence-corrected chi connectivity index (χ3v) is 7.42. The van der Waals surface area contributed by atoms with Crippen LogP contribution >= 0.6 is 0 Å². The first-order valence-corrected chi connectivity index (χ1v) is 12.3. The summed E-state index contributed by atoms with van der Waals surface area (Å²) >= 11 is 0. The first-order valence-electron chi connectivity index (χ1n) is 10.8. The van der Waals surface area contributed by atoms with Crippen molar-refractivity contribution in [1.82, 2.24) is 4.31 Å². The van der Waals surface area contributed by atoms with E-state index in [0.717, 1.165) is 24.0 Å². The number of carbonyl (C=O) groups excluding carboxylic acids is 1. The van der Waals surface area contributed by atoms with Gasteiger partial charge in [0, 0.05) is 32.0 Å². The molecule has 0 amide bonds. The standard InChI is InChI=1S/C25H27NO6S/c1-30-20-11-7-18(8-12-20)16-26(17-19-9-13-21(31-2)14-10-19)33(28,29)25-15-22-23(27)5-3-4-6-24(22)32-25/h7-15H,3-6,16-17H2,1-2H3. The van der Waals surface area contributed by atoms with Gasteiger partial charge in [-0.25, -0.2) is 8.42 Å². The summed E-state index contributed by atoms with van der Waals surface area (Å²) in [4.78, 5) is 12.4. The SMILES string of the molecule is COc1ccc(CN(Cc2ccc(OC)cc2)S(=O)(=O)c2cc3c(o2)CCCCC3=O)cc1. The number of methoxy groups -OCH3 is 2. The molecule has 1 aliphatic carbocycles. The first kappa shape index (κ1) is 23.1. The molecule has 3 aromatic rings. The third kappa shape index (κ3) is 5.12. The highest BCUT2D eigenvalue weighted by Crippen LogP contribution is 2.30. The van der Waals surface area contributed by atoms with Crippen LogP contribution in [0.1, 0.15) is 46.5 Å². The predicted molar refractivity (Wildman–Crippen MR) is 123 cm³/mol. The third-order valence-electron chi connectivity index (χ3n) is 5.77. The Bertz CT molecular complexity index is 1160. The second-order valence-corrected chi connectivity index (χ2v) is 9.87. The van der Waals surface area contributed by atoms with Crippen molar-refractivity contribution in [3.05, 3.63) is 77.0 Å². The lowest BCUT2D eigenvalue weighted by Gasteiger charge is -2.21. The quantitative estimate of drug-likeness (QED) is 0.448. The molecule has 0 radical (unpaired) electrons. The van der Waals surface area contributed by atoms with E-state index in [-0.39, 0.29) is 24.0 Å². The van der Waals surface area contributed by atoms with E-state index in [0.29, 0.717) is 35.7 Å². The van der Waals surface area contributed by atoms with Crippen LogP contribution < -0.4 is 9.47 Å². The van der Waals surface area contributed by atoms with Crippen LogP contribution in [0.5, 0.6) is 11.5 Å². The number of hydrogen-bond donors (Lipinski definition) is 0. The summed E-state index contributed by atoms with van der Waals surface area (Å²) in [5.41, 5.74) is 1.99. The van der Waals surface area contributed by atoms with Crippen LogP contribution in [-0.4, -0.2) is 32.7 Å². The zero-order valence-corrected chi connectivity index (χ0v) is 19.6. The van der Waals surface area contributed by atoms with Gasteiger partial charge in [0.2, 0.25) is 5.09 Å². The van der Waals surface area contributed by atoms with Crippen molar-refractivity contribution in [2.75, 3.05) is 14.2 Å². The Morgan fingerprint density at radius 3 is 1.88 bits per heavy atom. The lowest BCUT2D eigenvalue weighted by molar-refractivity contribution is 0.0981. The van der Waals surface area contributed by atoms with E-state index in [2.05, 4.69) is 0 Å². The van der Waals surface area contributed by atoms with Gasteiger partial charge in [0.1, 0.15) is 17.3 Å². The van der Waals surface area contributed by atoms with E-state index < -0.39 is 10.0 Å². The highest BCUT2D eigenvalue weighted by molar-refractivity contribution is 7.88. The molecule has 0 aliphatic heterocycles. The maximum absolute atomic E-state index is 13.7. The van der Waals surface area contributed by atoms with Crippen molar-refractivity contribution >= 4 is 15.8 Å². The maximum atomic E-state index is 13.7. The minimum absolute atomic E-state index is 0.0652. The first-order chi connectivity index (χ1) is 15.9. The number of aryl methyl sites for hydroxylation is 1. The molecule has 0 unspecified atom stereocenters. The molecule has 0 fully saturated rings. The van der Waals surface area contributed by atoms with E-state index in [1.165, 1.54) is 10.4 Å². The molecule has 0 spiro atoms. The predicted octanol–water partition coefficient (Wildman–Crippen LogP) is 4.60. The molecule has 7 nitrogen and oxygen atoms in total. The Balaban J connectivity index is 1.68. The average molecular weight is 470 g/mol. The summed E-state index contributed by atoms with van der Waals surface area (Å²) in [6, 6.07) is 15.9. The summed E-state index contributed by atoms with van der Waals surface area (Å²) in [7, 11) is -0.844. The van der Waals surface area contributed by atoms with E-state index in [4.69, 9.17) is 13.9 Å². The van der Waals surface area contributed by atoms with E-state index in [1.54, 1.807) is 38.5 Å². The van der Waals surface area contributed by atoms with Crippen molar-refractivity contribution in [2.24, 2.45) is 0 Å². The summed E-state index contributed by atoms with van der Waals surface area (Å²) in [5.74, 6) is 1.78. The summed E-state index contributed by atoms with van der Waals surface area (Å²) < 4.78 is 44.9. The zero-order chi connectivity index (χ0) is 23.4. The van der Waals surface area contributed by atoms with Crippen molar-refractivity contribution in [3.63, 3.8) is 0 Å². The van der Waals surface area contributed by atoms with E-state index >= 15 is 0 Å². The van der Waals surface area contributed by atoms with Gasteiger partial charge in [0.15, 0.2) is 5.78 Å². The average Bonchev–Trinajstić information content (AvgIpc) is 3.20. The van der Waals surface area contributed by atoms with Gasteiger partial charge in [-0.2, -0.15) is 4.31 Å². The highest BCUT2D eigenvalue weighted by Gasteiger charge is 2.32. The number of carbonyl (C=O) groups is 1. The fraction of sp³-hybridized carbons (Fsp3) is 0.320. The highest BCUT2D eigenvalue weighted by atomic mass is 32.2. The van der Waals surface area contributed by atoms with Crippen LogP contribution in [0.15, 0.2) is 64.1 Å². The Hall–Kier alpha value is -3.10. The topological polar surface area (TPSA) is 86.1 Å². The largest absolute Gasteiger partial charge is 0.497 e. The number of nitrogens with zero attached hydrogens (tertiary/aromatic N) is 1. The maximum Gasteiger partial charge on any atom is 0.277 e. The normalized spacial score (nSPS) is 14.1. The second kappa shape index (κ2) is 9.80. The molecule has 174 valence electrons. The second-order valence-electron chi connectivity index (χ2n) is 8.00. The Morgan fingerprint density at radius 1 is 0.848 bits per heavy atom. The number of sulfonamides is 1. The van der Waals surface area contributed by atoms with E-state index in [9.17, 15) is 13.2 Å². The Labute approximate surface area is 194 Å². The number of furan rings is 1. The molecule has 1 heterocycles. The molecular formula is C25H27NO6S. The number of ketones is 1. The van der Waals surface area contributed by atoms with Crippen molar-refractivity contribution in [2.45, 2.75) is 43.9 Å². The Morgan fingerprint density at radius 2 is 1.36 bits per heavy atom. The molecule has 1 aromatic heterocycles. The summed E-state index contributed by atoms with van der Waals surface area (Å²) in [6.45, 7) is 0.273. The number of ether oxygens (including phenoxy) is 2. The molecule has 4 rings (SSSR count). The molecule has 8 heteroatoms. The molecule has 0 saturated carbocycles. The van der Waals surface area contributed by atoms with Crippen LogP contribution in [-0.2, 0) is 29.5 Å². The molecule has 33 heavy (non-hydrogen) atoms. The van der Waals surface area contributed by atoms with Crippen LogP contribution in [0.2, 0.25) is 0 Å². The number of benzene rings is 2. The molecule has 2 aromatic carbocycles. The molecular weight excluding hydrogens is 442 g/mol. The Kier molecular flexibility index (Phi) is 6.85. The molecule has 1 aliphatic rings. The van der Waals surface area contributed by atoms with Gasteiger partial charge >= 0.3 is 0 Å². The molecule has 0 N–H and O–H groups in total. The van der Waals surface area contributed by atoms with Crippen molar-refractivity contribution in [1.29, 1.82) is 0 Å². The van der Waals surface area contributed by atoms with Gasteiger partial charge in [0.05, 0.1) is 19.8 Å². The number of Topliss-reactive ketones (excluding diaryl/α,β-unsaturated/α-hetero) is 1. The fourth-order valence-electron chi connectivity index (χ4n) is 3.88. The van der Waals surface area contributed by atoms with Gasteiger partial charge in [-0.05, 0) is 48.2 Å². The van der Waals surface area contributed by atoms with Gasteiger partial charge < -0.3 is 13.9 Å². The summed E-state index contributed by atoms with van der Waals surface area (Å²) in [5, 5.41) is -0.190. The molecule has 0 saturated heterocycles. The van der Waals surface area contributed by atoms with Crippen LogP contribution in [0.3, 0.4) is 0 Å². The van der Waals surface area contributed by atoms with Crippen LogP contribution in [0, 0.1) is 0 Å². The monoisotopic (exact) mass is 469 g/mol. The number of rotatable bonds is 8. The van der Waals surface area contributed by atoms with Crippen molar-refractivity contribution < 1.29 is 27.1 Å². The minimum Gasteiger partial charge on any atom is -0.497 e. The van der Waals surface area contributed by atoms with Gasteiger partial charge in [-0.3, -0.25) is 4.79 Å². The van der Waals surface area contributed by atoms with Crippen molar-refractivity contribution in [3.8, 4) is 11.5 Å². The lowest BCUT2D eigenvalue weighted by Crippen LogP contribution is -2.30. The van der Waals surface area contributed by atoms with Crippen LogP contribution in [0.4, 0.5) is 0 Å². The minimum atomic E-state index is -4.01. The van der Waals surface area contributed by atoms with Gasteiger partial charge in [-0.15, -0.1) is 0 Å². The molecule has 0 bridgehead atoms. The fourth-order valence-corrected chi connectivity index (χ4v) is 5.25.